The summed E-state index contributed by atoms with van der Waals surface area (Å²) >= 11 is 0. The average molecular weight is 271 g/mol. The Bertz CT molecular complexity index is 617. The lowest BCUT2D eigenvalue weighted by atomic mass is 9.74. The van der Waals surface area contributed by atoms with Gasteiger partial charge in [0, 0.05) is 5.69 Å². The van der Waals surface area contributed by atoms with Gasteiger partial charge >= 0.3 is 0 Å². The van der Waals surface area contributed by atoms with E-state index in [1.165, 1.54) is 0 Å². The van der Waals surface area contributed by atoms with Crippen LogP contribution in [0.4, 0.5) is 10.1 Å². The van der Waals surface area contributed by atoms with Gasteiger partial charge in [-0.3, -0.25) is 0 Å². The summed E-state index contributed by atoms with van der Waals surface area (Å²) in [4.78, 5) is 0. The highest BCUT2D eigenvalue weighted by Gasteiger charge is 2.41. The number of benzene rings is 2. The third-order valence-electron chi connectivity index (χ3n) is 4.05. The molecule has 2 aromatic rings. The number of nitrogen functional groups attached to an aromatic ring is 1. The van der Waals surface area contributed by atoms with Gasteiger partial charge in [-0.1, -0.05) is 12.1 Å². The minimum atomic E-state index is -0.384. The molecule has 1 fully saturated rings. The monoisotopic (exact) mass is 271 g/mol. The minimum absolute atomic E-state index is 0.172. The SMILES string of the molecule is Cc1ccc(C2(Oc3ccc(N)cc3)CCC2)cc1F. The predicted octanol–water partition coefficient (Wildman–Crippen LogP) is 4.17. The molecular weight excluding hydrogens is 253 g/mol. The molecule has 0 heterocycles. The zero-order valence-corrected chi connectivity index (χ0v) is 11.5. The van der Waals surface area contributed by atoms with Crippen molar-refractivity contribution in [3.8, 4) is 5.75 Å². The van der Waals surface area contributed by atoms with Crippen LogP contribution in [0.5, 0.6) is 5.75 Å². The van der Waals surface area contributed by atoms with Crippen molar-refractivity contribution in [3.05, 3.63) is 59.4 Å². The Morgan fingerprint density at radius 3 is 2.35 bits per heavy atom. The maximum absolute atomic E-state index is 13.8. The van der Waals surface area contributed by atoms with Crippen LogP contribution in [-0.2, 0) is 5.60 Å². The van der Waals surface area contributed by atoms with E-state index >= 15 is 0 Å². The van der Waals surface area contributed by atoms with Gasteiger partial charge in [0.25, 0.3) is 0 Å². The van der Waals surface area contributed by atoms with E-state index in [0.29, 0.717) is 11.3 Å². The Kier molecular flexibility index (Phi) is 3.13. The first-order chi connectivity index (χ1) is 9.59. The van der Waals surface area contributed by atoms with Gasteiger partial charge in [-0.15, -0.1) is 0 Å². The number of anilines is 1. The largest absolute Gasteiger partial charge is 0.483 e. The number of rotatable bonds is 3. The summed E-state index contributed by atoms with van der Waals surface area (Å²) in [6.45, 7) is 1.77. The second-order valence-corrected chi connectivity index (χ2v) is 5.48. The highest BCUT2D eigenvalue weighted by Crippen LogP contribution is 2.45. The van der Waals surface area contributed by atoms with Gasteiger partial charge < -0.3 is 10.5 Å². The minimum Gasteiger partial charge on any atom is -0.483 e. The van der Waals surface area contributed by atoms with E-state index in [1.54, 1.807) is 13.0 Å². The van der Waals surface area contributed by atoms with Crippen molar-refractivity contribution in [1.29, 1.82) is 0 Å². The average Bonchev–Trinajstić information content (AvgIpc) is 2.39. The molecule has 1 aliphatic carbocycles. The van der Waals surface area contributed by atoms with Gasteiger partial charge in [0.1, 0.15) is 17.2 Å². The number of hydrogen-bond donors (Lipinski definition) is 1. The van der Waals surface area contributed by atoms with E-state index in [0.717, 1.165) is 30.6 Å². The smallest absolute Gasteiger partial charge is 0.134 e. The Labute approximate surface area is 118 Å². The molecule has 0 aromatic heterocycles. The standard InChI is InChI=1S/C17H18FNO/c1-12-3-4-13(11-16(12)18)17(9-2-10-17)20-15-7-5-14(19)6-8-15/h3-8,11H,2,9-10,19H2,1H3. The zero-order chi connectivity index (χ0) is 14.2. The van der Waals surface area contributed by atoms with Gasteiger partial charge in [0.15, 0.2) is 0 Å². The maximum Gasteiger partial charge on any atom is 0.134 e. The predicted molar refractivity (Wildman–Crippen MR) is 78.1 cm³/mol. The number of aryl methyl sites for hydroxylation is 1. The zero-order valence-electron chi connectivity index (χ0n) is 11.5. The van der Waals surface area contributed by atoms with Gasteiger partial charge in [0.2, 0.25) is 0 Å². The Morgan fingerprint density at radius 2 is 1.80 bits per heavy atom. The first-order valence-electron chi connectivity index (χ1n) is 6.90. The molecule has 20 heavy (non-hydrogen) atoms. The van der Waals surface area contributed by atoms with Crippen LogP contribution in [0.3, 0.4) is 0 Å². The fourth-order valence-electron chi connectivity index (χ4n) is 2.59. The molecule has 2 nitrogen and oxygen atoms in total. The number of ether oxygens (including phenoxy) is 1. The van der Waals surface area contributed by atoms with Crippen LogP contribution in [0.2, 0.25) is 0 Å². The lowest BCUT2D eigenvalue weighted by Gasteiger charge is -2.42. The summed E-state index contributed by atoms with van der Waals surface area (Å²) in [5, 5.41) is 0. The number of hydrogen-bond acceptors (Lipinski definition) is 2. The van der Waals surface area contributed by atoms with Gasteiger partial charge in [-0.05, 0) is 67.6 Å². The van der Waals surface area contributed by atoms with Gasteiger partial charge in [0.05, 0.1) is 0 Å². The normalized spacial score (nSPS) is 16.5. The molecule has 2 N–H and O–H groups in total. The van der Waals surface area contributed by atoms with Crippen molar-refractivity contribution in [2.24, 2.45) is 0 Å². The highest BCUT2D eigenvalue weighted by atomic mass is 19.1. The lowest BCUT2D eigenvalue weighted by Crippen LogP contribution is -2.40. The molecular formula is C17H18FNO. The van der Waals surface area contributed by atoms with Gasteiger partial charge in [-0.2, -0.15) is 0 Å². The lowest BCUT2D eigenvalue weighted by molar-refractivity contribution is -0.0124. The Hall–Kier alpha value is -2.03. The van der Waals surface area contributed by atoms with Crippen LogP contribution in [0.25, 0.3) is 0 Å². The summed E-state index contributed by atoms with van der Waals surface area (Å²) in [5.74, 6) is 0.606. The molecule has 1 saturated carbocycles. The molecule has 0 aliphatic heterocycles. The van der Waals surface area contributed by atoms with Crippen LogP contribution >= 0.6 is 0 Å². The van der Waals surface area contributed by atoms with Crippen molar-refractivity contribution in [1.82, 2.24) is 0 Å². The fraction of sp³-hybridized carbons (Fsp3) is 0.294. The summed E-state index contributed by atoms with van der Waals surface area (Å²) in [7, 11) is 0. The maximum atomic E-state index is 13.8. The van der Waals surface area contributed by atoms with Crippen LogP contribution in [0, 0.1) is 12.7 Å². The highest BCUT2D eigenvalue weighted by molar-refractivity contribution is 5.42. The van der Waals surface area contributed by atoms with E-state index in [-0.39, 0.29) is 11.4 Å². The Morgan fingerprint density at radius 1 is 1.10 bits per heavy atom. The topological polar surface area (TPSA) is 35.2 Å². The van der Waals surface area contributed by atoms with Crippen molar-refractivity contribution in [3.63, 3.8) is 0 Å². The van der Waals surface area contributed by atoms with E-state index < -0.39 is 0 Å². The van der Waals surface area contributed by atoms with Crippen LogP contribution in [-0.4, -0.2) is 0 Å². The molecule has 0 amide bonds. The van der Waals surface area contributed by atoms with Crippen molar-refractivity contribution in [2.45, 2.75) is 31.8 Å². The first-order valence-corrected chi connectivity index (χ1v) is 6.90. The number of nitrogens with two attached hydrogens (primary N) is 1. The molecule has 3 rings (SSSR count). The van der Waals surface area contributed by atoms with Crippen LogP contribution in [0.15, 0.2) is 42.5 Å². The third-order valence-corrected chi connectivity index (χ3v) is 4.05. The fourth-order valence-corrected chi connectivity index (χ4v) is 2.59. The van der Waals surface area contributed by atoms with E-state index in [1.807, 2.05) is 36.4 Å². The van der Waals surface area contributed by atoms with Gasteiger partial charge in [-0.25, -0.2) is 4.39 Å². The van der Waals surface area contributed by atoms with E-state index in [9.17, 15) is 4.39 Å². The van der Waals surface area contributed by atoms with E-state index in [4.69, 9.17) is 10.5 Å². The van der Waals surface area contributed by atoms with Crippen molar-refractivity contribution < 1.29 is 9.13 Å². The van der Waals surface area contributed by atoms with E-state index in [2.05, 4.69) is 0 Å². The molecule has 2 aromatic carbocycles. The Balaban J connectivity index is 1.90. The number of halogens is 1. The summed E-state index contributed by atoms with van der Waals surface area (Å²) in [5.41, 5.74) is 7.59. The molecule has 0 spiro atoms. The second kappa shape index (κ2) is 4.82. The first kappa shape index (κ1) is 13.0. The van der Waals surface area contributed by atoms with Crippen LogP contribution < -0.4 is 10.5 Å². The molecule has 0 bridgehead atoms. The quantitative estimate of drug-likeness (QED) is 0.850. The molecule has 0 saturated heterocycles. The summed E-state index contributed by atoms with van der Waals surface area (Å²) < 4.78 is 19.9. The molecule has 3 heteroatoms. The van der Waals surface area contributed by atoms with Crippen LogP contribution in [0.1, 0.15) is 30.4 Å². The molecule has 0 unspecified atom stereocenters. The third kappa shape index (κ3) is 2.24. The van der Waals surface area contributed by atoms with Crippen molar-refractivity contribution >= 4 is 5.69 Å². The molecule has 104 valence electrons. The summed E-state index contributed by atoms with van der Waals surface area (Å²) in [6, 6.07) is 12.7. The second-order valence-electron chi connectivity index (χ2n) is 5.48. The molecule has 0 atom stereocenters. The summed E-state index contributed by atoms with van der Waals surface area (Å²) in [6.07, 6.45) is 2.93. The molecule has 0 radical (unpaired) electrons. The molecule has 1 aliphatic rings. The van der Waals surface area contributed by atoms with Crippen molar-refractivity contribution in [2.75, 3.05) is 5.73 Å².